The van der Waals surface area contributed by atoms with E-state index in [4.69, 9.17) is 9.84 Å². The molecular weight excluding hydrogens is 498 g/mol. The molecule has 0 aliphatic carbocycles. The largest absolute Gasteiger partial charge is 2.00 e. The van der Waals surface area contributed by atoms with Gasteiger partial charge in [0.05, 0.1) is 20.3 Å². The number of benzene rings is 1. The van der Waals surface area contributed by atoms with Crippen molar-refractivity contribution in [1.29, 1.82) is 0 Å². The van der Waals surface area contributed by atoms with E-state index in [2.05, 4.69) is 37.1 Å². The van der Waals surface area contributed by atoms with Gasteiger partial charge in [-0.3, -0.25) is 16.2 Å². The van der Waals surface area contributed by atoms with E-state index in [9.17, 15) is 9.59 Å². The van der Waals surface area contributed by atoms with Crippen molar-refractivity contribution in [3.05, 3.63) is 74.4 Å². The van der Waals surface area contributed by atoms with E-state index in [0.717, 1.165) is 12.0 Å². The van der Waals surface area contributed by atoms with Gasteiger partial charge in [-0.25, -0.2) is 5.90 Å². The van der Waals surface area contributed by atoms with Crippen molar-refractivity contribution in [3.63, 3.8) is 0 Å². The first kappa shape index (κ1) is 43.8. The first-order valence-corrected chi connectivity index (χ1v) is 8.72. The number of nitrogens with two attached hydrogens (primary N) is 1. The number of rotatable bonds is 11. The van der Waals surface area contributed by atoms with Gasteiger partial charge in [-0.05, 0) is 18.4 Å². The molecule has 1 rings (SSSR count). The summed E-state index contributed by atoms with van der Waals surface area (Å²) in [6.45, 7) is 15.0. The average Bonchev–Trinajstić information content (AvgIpc) is 2.71. The molecule has 0 spiro atoms. The van der Waals surface area contributed by atoms with E-state index in [1.165, 1.54) is 7.11 Å². The van der Waals surface area contributed by atoms with E-state index in [-0.39, 0.29) is 64.6 Å². The monoisotopic (exact) mass is 531 g/mol. The van der Waals surface area contributed by atoms with Gasteiger partial charge in [-0.2, -0.15) is 0 Å². The number of carbonyl (C=O) groups excluding carboxylic acids is 1. The van der Waals surface area contributed by atoms with Crippen LogP contribution >= 0.6 is 12.4 Å². The minimum absolute atomic E-state index is 0. The molecule has 0 radical (unpaired) electrons. The maximum Gasteiger partial charge on any atom is 2.00 e. The van der Waals surface area contributed by atoms with Crippen LogP contribution in [0.4, 0.5) is 0 Å². The van der Waals surface area contributed by atoms with Gasteiger partial charge in [0.1, 0.15) is 5.78 Å². The van der Waals surface area contributed by atoms with E-state index in [1.807, 2.05) is 30.3 Å². The summed E-state index contributed by atoms with van der Waals surface area (Å²) < 4.78 is 5.42. The van der Waals surface area contributed by atoms with Crippen molar-refractivity contribution in [2.45, 2.75) is 38.7 Å². The molecule has 0 unspecified atom stereocenters. The molecule has 0 heterocycles. The van der Waals surface area contributed by atoms with Crippen LogP contribution in [0.3, 0.4) is 0 Å². The van der Waals surface area contributed by atoms with Gasteiger partial charge in [-0.1, -0.05) is 42.5 Å². The third kappa shape index (κ3) is 43.7. The number of hydrogen-bond acceptors (Lipinski definition) is 5. The molecule has 0 amide bonds. The Hall–Kier alpha value is -1.00. The molecular formula is C22H35BrClMgNO5. The number of aliphatic carboxylic acids is 1. The zero-order valence-corrected chi connectivity index (χ0v) is 22.2. The molecule has 0 aliphatic rings. The van der Waals surface area contributed by atoms with Crippen LogP contribution in [0.25, 0.3) is 0 Å². The van der Waals surface area contributed by atoms with Crippen molar-refractivity contribution in [2.24, 2.45) is 5.90 Å². The van der Waals surface area contributed by atoms with Gasteiger partial charge in [0, 0.05) is 19.3 Å². The van der Waals surface area contributed by atoms with Crippen LogP contribution in [-0.4, -0.2) is 53.6 Å². The Labute approximate surface area is 220 Å². The Kier molecular flexibility index (Phi) is 55.8. The molecule has 1 aromatic carbocycles. The van der Waals surface area contributed by atoms with Crippen molar-refractivity contribution in [3.8, 4) is 0 Å². The molecule has 174 valence electrons. The third-order valence-corrected chi connectivity index (χ3v) is 2.83. The zero-order valence-electron chi connectivity index (χ0n) is 18.3. The number of allylic oxidation sites excluding steroid dienone is 2. The Balaban J connectivity index is -0.0000000889. The molecule has 0 saturated heterocycles. The summed E-state index contributed by atoms with van der Waals surface area (Å²) in [5, 5.41) is 8.00. The summed E-state index contributed by atoms with van der Waals surface area (Å²) in [4.78, 5) is 24.7. The maximum atomic E-state index is 11.3. The Morgan fingerprint density at radius 1 is 1.06 bits per heavy atom. The molecule has 1 aromatic rings. The topological polar surface area (TPSA) is 98.9 Å². The predicted octanol–water partition coefficient (Wildman–Crippen LogP) is 1.32. The molecule has 0 aliphatic heterocycles. The second kappa shape index (κ2) is 39.5. The van der Waals surface area contributed by atoms with Crippen LogP contribution in [0.1, 0.15) is 37.7 Å². The van der Waals surface area contributed by atoms with Gasteiger partial charge in [-0.15, -0.1) is 25.6 Å². The zero-order chi connectivity index (χ0) is 22.0. The smallest absolute Gasteiger partial charge is 1.00 e. The SMILES string of the molecule is C=CCCC(=O)CCOCc1ccccc1.C=CCCC(=O)O.CON.Cl.[Br-].[CH-]=C.[Mg+2]. The van der Waals surface area contributed by atoms with Crippen LogP contribution < -0.4 is 22.9 Å². The molecule has 0 saturated carbocycles. The average molecular weight is 533 g/mol. The standard InChI is InChI=1S/C14H18O2.C5H8O2.C2H3.CH5NO.BrH.ClH.Mg/c1-2-3-9-14(15)10-11-16-12-13-7-5-4-6-8-13;1-2-3-4-5(6)7;1-2;1-3-2;;;/h2,4-8H,1,3,9-12H2;2H,1,3-4H2,(H,6,7);1H,2H2;2H2,1H3;2*1H;/q;;-1;;;;+2/p-1. The number of carboxylic acids is 1. The first-order valence-electron chi connectivity index (χ1n) is 8.72. The minimum atomic E-state index is -0.764. The van der Waals surface area contributed by atoms with Gasteiger partial charge < -0.3 is 38.2 Å². The van der Waals surface area contributed by atoms with Crippen LogP contribution in [-0.2, 0) is 25.8 Å². The molecule has 0 fully saturated rings. The van der Waals surface area contributed by atoms with Gasteiger partial charge in [0.2, 0.25) is 0 Å². The molecule has 0 aromatic heterocycles. The summed E-state index contributed by atoms with van der Waals surface area (Å²) in [6, 6.07) is 9.96. The van der Waals surface area contributed by atoms with E-state index in [0.29, 0.717) is 32.5 Å². The van der Waals surface area contributed by atoms with E-state index in [1.54, 1.807) is 12.2 Å². The second-order valence-electron chi connectivity index (χ2n) is 5.11. The number of carboxylic acid groups (broad SMARTS) is 1. The van der Waals surface area contributed by atoms with Crippen LogP contribution in [0.15, 0.2) is 62.2 Å². The third-order valence-electron chi connectivity index (χ3n) is 2.83. The summed E-state index contributed by atoms with van der Waals surface area (Å²) >= 11 is 0. The van der Waals surface area contributed by atoms with Gasteiger partial charge >= 0.3 is 29.0 Å². The Bertz CT molecular complexity index is 522. The molecule has 0 bridgehead atoms. The fourth-order valence-corrected chi connectivity index (χ4v) is 1.56. The quantitative estimate of drug-likeness (QED) is 0.147. The number of Topliss-reactive ketones (excluding diaryl/α,β-unsaturated/α-hetero) is 1. The van der Waals surface area contributed by atoms with Gasteiger partial charge in [0.15, 0.2) is 0 Å². The predicted molar refractivity (Wildman–Crippen MR) is 126 cm³/mol. The summed E-state index contributed by atoms with van der Waals surface area (Å²) in [5.41, 5.74) is 1.14. The van der Waals surface area contributed by atoms with Crippen molar-refractivity contribution in [2.75, 3.05) is 13.7 Å². The van der Waals surface area contributed by atoms with Crippen molar-refractivity contribution >= 4 is 47.2 Å². The molecule has 3 N–H and O–H groups in total. The number of halogens is 2. The molecule has 31 heavy (non-hydrogen) atoms. The maximum absolute atomic E-state index is 11.3. The molecule has 6 nitrogen and oxygen atoms in total. The normalized spacial score (nSPS) is 7.68. The van der Waals surface area contributed by atoms with Gasteiger partial charge in [0.25, 0.3) is 0 Å². The fourth-order valence-electron chi connectivity index (χ4n) is 1.56. The second-order valence-corrected chi connectivity index (χ2v) is 5.11. The minimum Gasteiger partial charge on any atom is -1.00 e. The molecule has 9 heteroatoms. The number of hydrogen-bond donors (Lipinski definition) is 2. The van der Waals surface area contributed by atoms with Crippen LogP contribution in [0.5, 0.6) is 0 Å². The summed E-state index contributed by atoms with van der Waals surface area (Å²) in [7, 11) is 1.40. The Morgan fingerprint density at radius 3 is 1.90 bits per heavy atom. The first-order chi connectivity index (χ1) is 13.5. The van der Waals surface area contributed by atoms with Crippen molar-refractivity contribution < 1.29 is 41.3 Å². The summed E-state index contributed by atoms with van der Waals surface area (Å²) in [6.07, 6.45) is 5.96. The van der Waals surface area contributed by atoms with Crippen LogP contribution in [0.2, 0.25) is 0 Å². The van der Waals surface area contributed by atoms with Crippen molar-refractivity contribution in [1.82, 2.24) is 0 Å². The van der Waals surface area contributed by atoms with E-state index >= 15 is 0 Å². The number of ketones is 1. The van der Waals surface area contributed by atoms with E-state index < -0.39 is 5.97 Å². The number of carbonyl (C=O) groups is 2. The summed E-state index contributed by atoms with van der Waals surface area (Å²) in [5.74, 6) is 3.83. The Morgan fingerprint density at radius 2 is 1.52 bits per heavy atom. The fraction of sp³-hybridized carbons (Fsp3) is 0.364. The number of ether oxygens (including phenoxy) is 1. The van der Waals surface area contributed by atoms with Crippen LogP contribution in [0, 0.1) is 6.58 Å². The molecule has 0 atom stereocenters.